The average Bonchev–Trinajstić information content (AvgIpc) is 2.41. The van der Waals surface area contributed by atoms with Crippen LogP contribution in [-0.2, 0) is 13.0 Å². The first kappa shape index (κ1) is 8.57. The third-order valence-corrected chi connectivity index (χ3v) is 2.55. The second-order valence-electron chi connectivity index (χ2n) is 3.53. The van der Waals surface area contributed by atoms with Crippen molar-refractivity contribution in [2.75, 3.05) is 11.9 Å². The van der Waals surface area contributed by atoms with Gasteiger partial charge in [0.05, 0.1) is 6.61 Å². The molecule has 0 radical (unpaired) electrons. The minimum Gasteiger partial charge on any atom is -0.392 e. The predicted molar refractivity (Wildman–Crippen MR) is 53.8 cm³/mol. The average molecular weight is 177 g/mol. The molecule has 0 unspecified atom stereocenters. The number of hydrogen-bond acceptors (Lipinski definition) is 2. The van der Waals surface area contributed by atoms with Crippen LogP contribution in [0.2, 0.25) is 0 Å². The highest BCUT2D eigenvalue weighted by molar-refractivity contribution is 5.53. The van der Waals surface area contributed by atoms with Gasteiger partial charge in [-0.2, -0.15) is 0 Å². The molecule has 0 fully saturated rings. The SMILES string of the molecule is OCc1ccc2c(c1)NCCCC2. The van der Waals surface area contributed by atoms with Gasteiger partial charge in [-0.1, -0.05) is 12.1 Å². The predicted octanol–water partition coefficient (Wildman–Crippen LogP) is 1.93. The highest BCUT2D eigenvalue weighted by Crippen LogP contribution is 2.22. The van der Waals surface area contributed by atoms with Gasteiger partial charge >= 0.3 is 0 Å². The molecule has 2 rings (SSSR count). The zero-order valence-corrected chi connectivity index (χ0v) is 7.71. The number of benzene rings is 1. The van der Waals surface area contributed by atoms with Gasteiger partial charge in [0, 0.05) is 12.2 Å². The van der Waals surface area contributed by atoms with Crippen LogP contribution in [-0.4, -0.2) is 11.7 Å². The van der Waals surface area contributed by atoms with E-state index >= 15 is 0 Å². The van der Waals surface area contributed by atoms with Crippen molar-refractivity contribution >= 4 is 5.69 Å². The minimum atomic E-state index is 0.134. The standard InChI is InChI=1S/C11H15NO/c13-8-9-4-5-10-3-1-2-6-12-11(10)7-9/h4-5,7,12-13H,1-3,6,8H2. The normalized spacial score (nSPS) is 15.8. The van der Waals surface area contributed by atoms with Crippen molar-refractivity contribution in [2.45, 2.75) is 25.9 Å². The van der Waals surface area contributed by atoms with Crippen LogP contribution in [0.4, 0.5) is 5.69 Å². The summed E-state index contributed by atoms with van der Waals surface area (Å²) in [5.41, 5.74) is 3.59. The Morgan fingerprint density at radius 3 is 3.08 bits per heavy atom. The van der Waals surface area contributed by atoms with E-state index in [1.165, 1.54) is 24.1 Å². The first-order chi connectivity index (χ1) is 6.40. The molecule has 0 aliphatic carbocycles. The maximum atomic E-state index is 8.98. The summed E-state index contributed by atoms with van der Waals surface area (Å²) in [6, 6.07) is 6.19. The number of nitrogens with one attached hydrogen (secondary N) is 1. The molecule has 70 valence electrons. The number of rotatable bonds is 1. The lowest BCUT2D eigenvalue weighted by Crippen LogP contribution is -2.00. The Hall–Kier alpha value is -1.02. The maximum absolute atomic E-state index is 8.98. The molecule has 2 heteroatoms. The van der Waals surface area contributed by atoms with Crippen LogP contribution in [0.5, 0.6) is 0 Å². The Morgan fingerprint density at radius 1 is 1.31 bits per heavy atom. The fraction of sp³-hybridized carbons (Fsp3) is 0.455. The first-order valence-electron chi connectivity index (χ1n) is 4.86. The lowest BCUT2D eigenvalue weighted by Gasteiger charge is -2.08. The Balaban J connectivity index is 2.32. The lowest BCUT2D eigenvalue weighted by atomic mass is 10.1. The van der Waals surface area contributed by atoms with Crippen molar-refractivity contribution < 1.29 is 5.11 Å². The fourth-order valence-electron chi connectivity index (χ4n) is 1.77. The molecule has 2 N–H and O–H groups in total. The number of anilines is 1. The van der Waals surface area contributed by atoms with Gasteiger partial charge in [0.15, 0.2) is 0 Å². The third kappa shape index (κ3) is 1.83. The van der Waals surface area contributed by atoms with Crippen molar-refractivity contribution in [2.24, 2.45) is 0 Å². The van der Waals surface area contributed by atoms with E-state index in [0.717, 1.165) is 18.5 Å². The molecule has 1 aliphatic rings. The van der Waals surface area contributed by atoms with Gasteiger partial charge in [0.2, 0.25) is 0 Å². The number of aryl methyl sites for hydroxylation is 1. The van der Waals surface area contributed by atoms with E-state index in [1.54, 1.807) is 0 Å². The van der Waals surface area contributed by atoms with Crippen molar-refractivity contribution in [1.82, 2.24) is 0 Å². The second kappa shape index (κ2) is 3.79. The summed E-state index contributed by atoms with van der Waals surface area (Å²) in [7, 11) is 0. The maximum Gasteiger partial charge on any atom is 0.0682 e. The summed E-state index contributed by atoms with van der Waals surface area (Å²) in [6.07, 6.45) is 3.66. The minimum absolute atomic E-state index is 0.134. The van der Waals surface area contributed by atoms with Crippen molar-refractivity contribution in [3.8, 4) is 0 Å². The molecule has 13 heavy (non-hydrogen) atoms. The molecule has 0 saturated carbocycles. The number of aliphatic hydroxyl groups excluding tert-OH is 1. The van der Waals surface area contributed by atoms with Crippen LogP contribution in [0.1, 0.15) is 24.0 Å². The van der Waals surface area contributed by atoms with E-state index in [4.69, 9.17) is 5.11 Å². The molecule has 1 aliphatic heterocycles. The van der Waals surface area contributed by atoms with Crippen LogP contribution >= 0.6 is 0 Å². The van der Waals surface area contributed by atoms with Gasteiger partial charge in [0.1, 0.15) is 0 Å². The van der Waals surface area contributed by atoms with Gasteiger partial charge < -0.3 is 10.4 Å². The largest absolute Gasteiger partial charge is 0.392 e. The molecule has 0 amide bonds. The van der Waals surface area contributed by atoms with Crippen LogP contribution in [0.3, 0.4) is 0 Å². The zero-order chi connectivity index (χ0) is 9.10. The van der Waals surface area contributed by atoms with Gasteiger partial charge in [-0.05, 0) is 36.5 Å². The Kier molecular flexibility index (Phi) is 2.50. The lowest BCUT2D eigenvalue weighted by molar-refractivity contribution is 0.282. The van der Waals surface area contributed by atoms with E-state index < -0.39 is 0 Å². The molecule has 2 nitrogen and oxygen atoms in total. The Morgan fingerprint density at radius 2 is 2.23 bits per heavy atom. The molecule has 0 atom stereocenters. The smallest absolute Gasteiger partial charge is 0.0682 e. The van der Waals surface area contributed by atoms with Crippen molar-refractivity contribution in [3.05, 3.63) is 29.3 Å². The second-order valence-corrected chi connectivity index (χ2v) is 3.53. The summed E-state index contributed by atoms with van der Waals surface area (Å²) in [6.45, 7) is 1.19. The number of aliphatic hydroxyl groups is 1. The molecular formula is C11H15NO. The molecule has 0 bridgehead atoms. The molecular weight excluding hydrogens is 162 g/mol. The van der Waals surface area contributed by atoms with E-state index in [0.29, 0.717) is 0 Å². The molecule has 0 saturated heterocycles. The summed E-state index contributed by atoms with van der Waals surface area (Å²) in [4.78, 5) is 0. The molecule has 1 aromatic carbocycles. The van der Waals surface area contributed by atoms with E-state index in [1.807, 2.05) is 6.07 Å². The zero-order valence-electron chi connectivity index (χ0n) is 7.71. The number of hydrogen-bond donors (Lipinski definition) is 2. The number of fused-ring (bicyclic) bond motifs is 1. The highest BCUT2D eigenvalue weighted by Gasteiger charge is 2.06. The third-order valence-electron chi connectivity index (χ3n) is 2.55. The van der Waals surface area contributed by atoms with E-state index in [-0.39, 0.29) is 6.61 Å². The monoisotopic (exact) mass is 177 g/mol. The van der Waals surface area contributed by atoms with Gasteiger partial charge in [-0.25, -0.2) is 0 Å². The molecule has 1 aromatic rings. The summed E-state index contributed by atoms with van der Waals surface area (Å²) >= 11 is 0. The topological polar surface area (TPSA) is 32.3 Å². The summed E-state index contributed by atoms with van der Waals surface area (Å²) in [5.74, 6) is 0. The highest BCUT2D eigenvalue weighted by atomic mass is 16.3. The van der Waals surface area contributed by atoms with E-state index in [9.17, 15) is 0 Å². The Bertz CT molecular complexity index is 296. The molecule has 0 spiro atoms. The Labute approximate surface area is 78.6 Å². The van der Waals surface area contributed by atoms with Crippen LogP contribution < -0.4 is 5.32 Å². The summed E-state index contributed by atoms with van der Waals surface area (Å²) < 4.78 is 0. The van der Waals surface area contributed by atoms with Crippen molar-refractivity contribution in [1.29, 1.82) is 0 Å². The van der Waals surface area contributed by atoms with Crippen LogP contribution in [0.15, 0.2) is 18.2 Å². The molecule has 0 aromatic heterocycles. The van der Waals surface area contributed by atoms with Gasteiger partial charge in [0.25, 0.3) is 0 Å². The van der Waals surface area contributed by atoms with Crippen LogP contribution in [0.25, 0.3) is 0 Å². The van der Waals surface area contributed by atoms with Gasteiger partial charge in [-0.15, -0.1) is 0 Å². The molecule has 1 heterocycles. The fourth-order valence-corrected chi connectivity index (χ4v) is 1.77. The van der Waals surface area contributed by atoms with Crippen molar-refractivity contribution in [3.63, 3.8) is 0 Å². The van der Waals surface area contributed by atoms with Crippen LogP contribution in [0, 0.1) is 0 Å². The first-order valence-corrected chi connectivity index (χ1v) is 4.86. The summed E-state index contributed by atoms with van der Waals surface area (Å²) in [5, 5.41) is 12.4. The van der Waals surface area contributed by atoms with Gasteiger partial charge in [-0.3, -0.25) is 0 Å². The van der Waals surface area contributed by atoms with E-state index in [2.05, 4.69) is 17.4 Å². The quantitative estimate of drug-likeness (QED) is 0.687.